The predicted octanol–water partition coefficient (Wildman–Crippen LogP) is 3.40. The topological polar surface area (TPSA) is 73.9 Å². The van der Waals surface area contributed by atoms with Crippen LogP contribution >= 0.6 is 11.6 Å². The molecule has 1 aliphatic rings. The van der Waals surface area contributed by atoms with E-state index in [-0.39, 0.29) is 28.1 Å². The van der Waals surface area contributed by atoms with Gasteiger partial charge in [-0.25, -0.2) is 0 Å². The van der Waals surface area contributed by atoms with Gasteiger partial charge in [0.05, 0.1) is 16.5 Å². The fraction of sp³-hybridized carbons (Fsp3) is 0.286. The molecule has 0 saturated carbocycles. The third-order valence-corrected chi connectivity index (χ3v) is 5.45. The molecule has 4 rings (SSSR count). The van der Waals surface area contributed by atoms with Crippen LogP contribution in [0.2, 0.25) is 5.02 Å². The molecule has 2 aromatic carbocycles. The van der Waals surface area contributed by atoms with Gasteiger partial charge in [0.1, 0.15) is 17.1 Å². The summed E-state index contributed by atoms with van der Waals surface area (Å²) in [5.41, 5.74) is 1.03. The minimum absolute atomic E-state index is 0.0319. The third kappa shape index (κ3) is 3.23. The Morgan fingerprint density at radius 2 is 2.11 bits per heavy atom. The van der Waals surface area contributed by atoms with Crippen molar-refractivity contribution in [2.24, 2.45) is 0 Å². The molecule has 0 spiro atoms. The number of hydrogen-bond donors (Lipinski definition) is 2. The maximum atomic E-state index is 12.7. The van der Waals surface area contributed by atoms with Crippen molar-refractivity contribution in [1.29, 1.82) is 0 Å². The monoisotopic (exact) mass is 384 g/mol. The SMILES string of the molecule is CN1CC[C@H](c2c(O)c[c]c3c(=O)cc(-c4ccccc4Cl)oc23)[C@H](O)C1. The van der Waals surface area contributed by atoms with E-state index in [1.807, 2.05) is 18.0 Å². The molecule has 0 unspecified atom stereocenters. The first-order valence-corrected chi connectivity index (χ1v) is 9.16. The molecule has 6 heteroatoms. The van der Waals surface area contributed by atoms with E-state index in [9.17, 15) is 15.0 Å². The van der Waals surface area contributed by atoms with Crippen molar-refractivity contribution in [1.82, 2.24) is 4.90 Å². The predicted molar refractivity (Wildman–Crippen MR) is 104 cm³/mol. The number of likely N-dealkylation sites (tertiary alicyclic amines) is 1. The highest BCUT2D eigenvalue weighted by Gasteiger charge is 2.32. The van der Waals surface area contributed by atoms with Gasteiger partial charge in [-0.1, -0.05) is 23.7 Å². The van der Waals surface area contributed by atoms with Crippen molar-refractivity contribution in [2.75, 3.05) is 20.1 Å². The number of piperidine rings is 1. The van der Waals surface area contributed by atoms with Gasteiger partial charge in [0.2, 0.25) is 0 Å². The molecule has 2 atom stereocenters. The first-order valence-electron chi connectivity index (χ1n) is 8.78. The summed E-state index contributed by atoms with van der Waals surface area (Å²) in [5, 5.41) is 21.8. The Morgan fingerprint density at radius 3 is 2.85 bits per heavy atom. The lowest BCUT2D eigenvalue weighted by molar-refractivity contribution is 0.0631. The average molecular weight is 385 g/mol. The maximum absolute atomic E-state index is 12.7. The highest BCUT2D eigenvalue weighted by Crippen LogP contribution is 2.39. The lowest BCUT2D eigenvalue weighted by atomic mass is 9.85. The molecule has 0 amide bonds. The molecule has 0 bridgehead atoms. The van der Waals surface area contributed by atoms with Crippen molar-refractivity contribution < 1.29 is 14.6 Å². The minimum Gasteiger partial charge on any atom is -0.507 e. The number of fused-ring (bicyclic) bond motifs is 1. The molecule has 1 radical (unpaired) electrons. The zero-order chi connectivity index (χ0) is 19.1. The van der Waals surface area contributed by atoms with Gasteiger partial charge in [-0.05, 0) is 38.2 Å². The summed E-state index contributed by atoms with van der Waals surface area (Å²) >= 11 is 6.26. The number of hydrogen-bond acceptors (Lipinski definition) is 5. The number of phenolic OH excluding ortho intramolecular Hbond substituents is 1. The van der Waals surface area contributed by atoms with Gasteiger partial charge in [0.25, 0.3) is 0 Å². The fourth-order valence-corrected chi connectivity index (χ4v) is 3.96. The molecule has 3 aromatic rings. The van der Waals surface area contributed by atoms with Gasteiger partial charge in [-0.2, -0.15) is 0 Å². The molecule has 1 aliphatic heterocycles. The number of benzene rings is 2. The summed E-state index contributed by atoms with van der Waals surface area (Å²) in [6.45, 7) is 1.26. The molecule has 2 heterocycles. The van der Waals surface area contributed by atoms with Crippen LogP contribution in [0.3, 0.4) is 0 Å². The Morgan fingerprint density at radius 1 is 1.33 bits per heavy atom. The van der Waals surface area contributed by atoms with E-state index in [1.54, 1.807) is 18.2 Å². The number of aromatic hydroxyl groups is 1. The number of likely N-dealkylation sites (N-methyl/N-ethyl adjacent to an activating group) is 1. The van der Waals surface area contributed by atoms with E-state index in [1.165, 1.54) is 12.1 Å². The summed E-state index contributed by atoms with van der Waals surface area (Å²) in [6.07, 6.45) is -0.0285. The Balaban J connectivity index is 1.95. The zero-order valence-electron chi connectivity index (χ0n) is 14.8. The van der Waals surface area contributed by atoms with Crippen LogP contribution in [0.1, 0.15) is 17.9 Å². The molecule has 2 N–H and O–H groups in total. The molecule has 1 saturated heterocycles. The van der Waals surface area contributed by atoms with Crippen LogP contribution in [-0.4, -0.2) is 41.4 Å². The summed E-state index contributed by atoms with van der Waals surface area (Å²) in [7, 11) is 1.94. The van der Waals surface area contributed by atoms with E-state index < -0.39 is 6.10 Å². The van der Waals surface area contributed by atoms with E-state index in [4.69, 9.17) is 16.0 Å². The molecule has 27 heavy (non-hydrogen) atoms. The van der Waals surface area contributed by atoms with E-state index in [0.717, 1.165) is 6.54 Å². The number of β-amino-alcohol motifs (C(OH)–C–C–N with tert-alkyl or cyclic N) is 1. The van der Waals surface area contributed by atoms with E-state index in [0.29, 0.717) is 34.9 Å². The number of halogens is 1. The second-order valence-corrected chi connectivity index (χ2v) is 7.38. The van der Waals surface area contributed by atoms with E-state index in [2.05, 4.69) is 6.07 Å². The van der Waals surface area contributed by atoms with Gasteiger partial charge >= 0.3 is 0 Å². The van der Waals surface area contributed by atoms with Crippen LogP contribution < -0.4 is 5.43 Å². The van der Waals surface area contributed by atoms with Crippen LogP contribution in [0.5, 0.6) is 5.75 Å². The first-order chi connectivity index (χ1) is 13.0. The molecule has 1 aromatic heterocycles. The Hall–Kier alpha value is -2.34. The quantitative estimate of drug-likeness (QED) is 0.708. The second kappa shape index (κ2) is 7.00. The first kappa shape index (κ1) is 18.0. The molecule has 139 valence electrons. The van der Waals surface area contributed by atoms with Crippen LogP contribution in [0.15, 0.2) is 45.6 Å². The highest BCUT2D eigenvalue weighted by molar-refractivity contribution is 6.33. The van der Waals surface area contributed by atoms with E-state index >= 15 is 0 Å². The van der Waals surface area contributed by atoms with Gasteiger partial charge in [-0.15, -0.1) is 0 Å². The Kier molecular flexibility index (Phi) is 4.68. The largest absolute Gasteiger partial charge is 0.507 e. The summed E-state index contributed by atoms with van der Waals surface area (Å²) in [4.78, 5) is 14.7. The standard InChI is InChI=1S/C21H19ClNO4/c1-23-9-8-13(18(26)11-23)20-16(24)7-6-14-17(25)10-19(27-21(14)20)12-4-2-3-5-15(12)22/h2-5,7,10,13,18,24,26H,8-9,11H2,1H3/t13-,18+/m0/s1. The normalized spacial score (nSPS) is 20.9. The van der Waals surface area contributed by atoms with Gasteiger partial charge in [-0.3, -0.25) is 4.79 Å². The van der Waals surface area contributed by atoms with Crippen LogP contribution in [0, 0.1) is 6.07 Å². The summed E-state index contributed by atoms with van der Waals surface area (Å²) in [5.74, 6) is -0.0423. The van der Waals surface area contributed by atoms with Crippen LogP contribution in [-0.2, 0) is 0 Å². The van der Waals surface area contributed by atoms with Crippen LogP contribution in [0.4, 0.5) is 0 Å². The van der Waals surface area contributed by atoms with Gasteiger partial charge in [0, 0.05) is 35.7 Å². The number of aliphatic hydroxyl groups is 1. The Bertz CT molecular complexity index is 1060. The molecular formula is C21H19ClNO4. The smallest absolute Gasteiger partial charge is 0.193 e. The lowest BCUT2D eigenvalue weighted by Gasteiger charge is -2.34. The number of phenols is 1. The zero-order valence-corrected chi connectivity index (χ0v) is 15.5. The van der Waals surface area contributed by atoms with Crippen molar-refractivity contribution in [3.63, 3.8) is 0 Å². The molecule has 1 fully saturated rings. The molecular weight excluding hydrogens is 366 g/mol. The summed E-state index contributed by atoms with van der Waals surface area (Å²) < 4.78 is 6.05. The van der Waals surface area contributed by atoms with Crippen molar-refractivity contribution in [2.45, 2.75) is 18.4 Å². The minimum atomic E-state index is -0.672. The van der Waals surface area contributed by atoms with Crippen molar-refractivity contribution in [3.8, 4) is 17.1 Å². The van der Waals surface area contributed by atoms with Gasteiger partial charge in [0.15, 0.2) is 5.43 Å². The third-order valence-electron chi connectivity index (χ3n) is 5.12. The molecule has 5 nitrogen and oxygen atoms in total. The number of rotatable bonds is 2. The van der Waals surface area contributed by atoms with Crippen molar-refractivity contribution in [3.05, 3.63) is 63.3 Å². The van der Waals surface area contributed by atoms with Crippen molar-refractivity contribution >= 4 is 22.6 Å². The molecule has 0 aliphatic carbocycles. The number of nitrogens with zero attached hydrogens (tertiary/aromatic N) is 1. The van der Waals surface area contributed by atoms with Crippen LogP contribution in [0.25, 0.3) is 22.3 Å². The second-order valence-electron chi connectivity index (χ2n) is 6.97. The lowest BCUT2D eigenvalue weighted by Crippen LogP contribution is -2.40. The maximum Gasteiger partial charge on any atom is 0.193 e. The summed E-state index contributed by atoms with van der Waals surface area (Å²) in [6, 6.07) is 12.6. The highest BCUT2D eigenvalue weighted by atomic mass is 35.5. The fourth-order valence-electron chi connectivity index (χ4n) is 3.73. The average Bonchev–Trinajstić information content (AvgIpc) is 2.63. The Labute approximate surface area is 161 Å². The number of aliphatic hydroxyl groups excluding tert-OH is 1. The van der Waals surface area contributed by atoms with Gasteiger partial charge < -0.3 is 19.5 Å².